The summed E-state index contributed by atoms with van der Waals surface area (Å²) >= 11 is 0. The summed E-state index contributed by atoms with van der Waals surface area (Å²) in [5.41, 5.74) is -1.22. The Kier molecular flexibility index (Phi) is 10.2. The highest BCUT2D eigenvalue weighted by Gasteiger charge is 2.16. The van der Waals surface area contributed by atoms with Crippen molar-refractivity contribution >= 4 is 14.0 Å². The molecule has 0 aliphatic rings. The second-order valence-corrected chi connectivity index (χ2v) is 14.6. The predicted octanol–water partition coefficient (Wildman–Crippen LogP) is 2.55. The van der Waals surface area contributed by atoms with Gasteiger partial charge in [-0.3, -0.25) is 9.59 Å². The number of hydrogen-bond acceptors (Lipinski definition) is 8. The lowest BCUT2D eigenvalue weighted by molar-refractivity contribution is -0.156. The zero-order chi connectivity index (χ0) is 22.8. The Morgan fingerprint density at radius 3 is 2.47 bits per heavy atom. The topological polar surface area (TPSA) is 113 Å². The molecular formula is C20H33N3O6Si. The third-order valence-electron chi connectivity index (χ3n) is 3.69. The van der Waals surface area contributed by atoms with E-state index in [1.54, 1.807) is 20.8 Å². The molecule has 0 aliphatic heterocycles. The maximum absolute atomic E-state index is 12.4. The van der Waals surface area contributed by atoms with Crippen LogP contribution in [0.25, 0.3) is 0 Å². The van der Waals surface area contributed by atoms with E-state index >= 15 is 0 Å². The monoisotopic (exact) mass is 439 g/mol. The lowest BCUT2D eigenvalue weighted by atomic mass is 10.2. The predicted molar refractivity (Wildman–Crippen MR) is 114 cm³/mol. The molecule has 0 N–H and O–H groups in total. The fraction of sp³-hybridized carbons (Fsp3) is 0.700. The van der Waals surface area contributed by atoms with Crippen molar-refractivity contribution in [2.24, 2.45) is 0 Å². The molecular weight excluding hydrogens is 406 g/mol. The molecule has 1 aromatic heterocycles. The Balaban J connectivity index is 2.44. The second-order valence-electron chi connectivity index (χ2n) is 8.95. The van der Waals surface area contributed by atoms with Crippen LogP contribution in [0, 0.1) is 11.3 Å². The van der Waals surface area contributed by atoms with Gasteiger partial charge in [-0.15, -0.1) is 0 Å². The number of aromatic nitrogens is 2. The fourth-order valence-electron chi connectivity index (χ4n) is 2.17. The number of nitriles is 1. The Labute approximate surface area is 178 Å². The SMILES string of the molecule is CC(C)(C)OC(=O)CCOCCOc1cnn(COCC[Si](C)(C)C)c(=O)c1C#N. The normalized spacial score (nSPS) is 11.8. The van der Waals surface area contributed by atoms with Gasteiger partial charge in [0.05, 0.1) is 25.8 Å². The first kappa shape index (κ1) is 25.8. The van der Waals surface area contributed by atoms with Gasteiger partial charge >= 0.3 is 5.97 Å². The van der Waals surface area contributed by atoms with Gasteiger partial charge < -0.3 is 18.9 Å². The summed E-state index contributed by atoms with van der Waals surface area (Å²) < 4.78 is 22.6. The van der Waals surface area contributed by atoms with E-state index in [2.05, 4.69) is 24.7 Å². The molecule has 10 heteroatoms. The van der Waals surface area contributed by atoms with Crippen molar-refractivity contribution in [3.8, 4) is 11.8 Å². The minimum atomic E-state index is -1.22. The van der Waals surface area contributed by atoms with Crippen LogP contribution in [0.15, 0.2) is 11.0 Å². The molecule has 1 heterocycles. The third kappa shape index (κ3) is 10.5. The quantitative estimate of drug-likeness (QED) is 0.277. The van der Waals surface area contributed by atoms with Gasteiger partial charge in [-0.05, 0) is 26.8 Å². The van der Waals surface area contributed by atoms with Crippen LogP contribution in [0.4, 0.5) is 0 Å². The molecule has 0 radical (unpaired) electrons. The van der Waals surface area contributed by atoms with E-state index in [-0.39, 0.29) is 50.3 Å². The van der Waals surface area contributed by atoms with Gasteiger partial charge in [0, 0.05) is 14.7 Å². The number of rotatable bonds is 12. The average Bonchev–Trinajstić information content (AvgIpc) is 2.60. The van der Waals surface area contributed by atoms with E-state index in [0.717, 1.165) is 10.7 Å². The maximum Gasteiger partial charge on any atom is 0.308 e. The Morgan fingerprint density at radius 1 is 1.17 bits per heavy atom. The average molecular weight is 440 g/mol. The molecule has 0 fully saturated rings. The van der Waals surface area contributed by atoms with E-state index in [4.69, 9.17) is 18.9 Å². The van der Waals surface area contributed by atoms with Crippen LogP contribution >= 0.6 is 0 Å². The van der Waals surface area contributed by atoms with Crippen molar-refractivity contribution in [2.75, 3.05) is 26.4 Å². The van der Waals surface area contributed by atoms with Crippen molar-refractivity contribution in [3.05, 3.63) is 22.1 Å². The van der Waals surface area contributed by atoms with Crippen LogP contribution in [0.5, 0.6) is 5.75 Å². The van der Waals surface area contributed by atoms with Crippen molar-refractivity contribution in [2.45, 2.75) is 65.2 Å². The molecule has 0 aromatic carbocycles. The van der Waals surface area contributed by atoms with Crippen LogP contribution in [0.1, 0.15) is 32.8 Å². The molecule has 0 amide bonds. The summed E-state index contributed by atoms with van der Waals surface area (Å²) in [5.74, 6) is -0.244. The van der Waals surface area contributed by atoms with E-state index in [0.29, 0.717) is 6.61 Å². The Bertz CT molecular complexity index is 790. The lowest BCUT2D eigenvalue weighted by Crippen LogP contribution is -2.28. The molecule has 0 unspecified atom stereocenters. The number of carbonyl (C=O) groups is 1. The van der Waals surface area contributed by atoms with Crippen LogP contribution < -0.4 is 10.3 Å². The summed E-state index contributed by atoms with van der Waals surface area (Å²) in [7, 11) is -1.22. The lowest BCUT2D eigenvalue weighted by Gasteiger charge is -2.19. The zero-order valence-corrected chi connectivity index (χ0v) is 19.8. The highest BCUT2D eigenvalue weighted by atomic mass is 28.3. The Morgan fingerprint density at radius 2 is 1.87 bits per heavy atom. The fourth-order valence-corrected chi connectivity index (χ4v) is 2.92. The van der Waals surface area contributed by atoms with Crippen molar-refractivity contribution < 1.29 is 23.7 Å². The van der Waals surface area contributed by atoms with Gasteiger partial charge in [-0.25, -0.2) is 4.68 Å². The molecule has 0 atom stereocenters. The first-order valence-corrected chi connectivity index (χ1v) is 13.6. The highest BCUT2D eigenvalue weighted by molar-refractivity contribution is 6.76. The summed E-state index contributed by atoms with van der Waals surface area (Å²) in [5, 5.41) is 13.3. The van der Waals surface area contributed by atoms with Crippen molar-refractivity contribution in [1.82, 2.24) is 9.78 Å². The molecule has 168 valence electrons. The number of carbonyl (C=O) groups excluding carboxylic acids is 1. The molecule has 0 aliphatic carbocycles. The summed E-state index contributed by atoms with van der Waals surface area (Å²) in [4.78, 5) is 24.0. The molecule has 1 rings (SSSR count). The standard InChI is InChI=1S/C20H33N3O6Si/c1-20(2,3)29-18(24)7-8-26-9-10-28-17-14-22-23(19(25)16(17)13-21)15-27-11-12-30(4,5)6/h14H,7-12,15H2,1-6H3. The van der Waals surface area contributed by atoms with E-state index in [1.165, 1.54) is 6.20 Å². The van der Waals surface area contributed by atoms with E-state index in [1.807, 2.05) is 6.07 Å². The van der Waals surface area contributed by atoms with Crippen molar-refractivity contribution in [1.29, 1.82) is 5.26 Å². The van der Waals surface area contributed by atoms with Gasteiger partial charge in [-0.1, -0.05) is 19.6 Å². The van der Waals surface area contributed by atoms with Gasteiger partial charge in [0.15, 0.2) is 11.3 Å². The van der Waals surface area contributed by atoms with Gasteiger partial charge in [0.25, 0.3) is 5.56 Å². The van der Waals surface area contributed by atoms with Crippen molar-refractivity contribution in [3.63, 3.8) is 0 Å². The molecule has 30 heavy (non-hydrogen) atoms. The van der Waals surface area contributed by atoms with Crippen LogP contribution in [-0.2, 0) is 25.7 Å². The molecule has 9 nitrogen and oxygen atoms in total. The van der Waals surface area contributed by atoms with Gasteiger partial charge in [-0.2, -0.15) is 10.4 Å². The minimum absolute atomic E-state index is 0.00789. The first-order chi connectivity index (χ1) is 13.9. The highest BCUT2D eigenvalue weighted by Crippen LogP contribution is 2.12. The first-order valence-electron chi connectivity index (χ1n) is 9.93. The molecule has 0 spiro atoms. The third-order valence-corrected chi connectivity index (χ3v) is 5.39. The van der Waals surface area contributed by atoms with Crippen LogP contribution in [0.2, 0.25) is 25.7 Å². The number of ether oxygens (including phenoxy) is 4. The molecule has 0 saturated carbocycles. The van der Waals surface area contributed by atoms with Gasteiger partial charge in [0.1, 0.15) is 25.0 Å². The van der Waals surface area contributed by atoms with E-state index in [9.17, 15) is 14.9 Å². The van der Waals surface area contributed by atoms with Crippen LogP contribution in [-0.4, -0.2) is 55.9 Å². The van der Waals surface area contributed by atoms with Gasteiger partial charge in [0.2, 0.25) is 0 Å². The molecule has 0 bridgehead atoms. The summed E-state index contributed by atoms with van der Waals surface area (Å²) in [6.07, 6.45) is 1.46. The van der Waals surface area contributed by atoms with E-state index < -0.39 is 19.2 Å². The maximum atomic E-state index is 12.4. The largest absolute Gasteiger partial charge is 0.488 e. The van der Waals surface area contributed by atoms with Crippen LogP contribution in [0.3, 0.4) is 0 Å². The summed E-state index contributed by atoms with van der Waals surface area (Å²) in [6.45, 7) is 13.1. The number of esters is 1. The molecule has 0 saturated heterocycles. The Hall–Kier alpha value is -2.22. The minimum Gasteiger partial charge on any atom is -0.488 e. The number of hydrogen-bond donors (Lipinski definition) is 0. The summed E-state index contributed by atoms with van der Waals surface area (Å²) in [6, 6.07) is 2.83. The zero-order valence-electron chi connectivity index (χ0n) is 18.8. The molecule has 1 aromatic rings. The smallest absolute Gasteiger partial charge is 0.308 e. The second kappa shape index (κ2) is 11.8. The number of nitrogens with zero attached hydrogens (tertiary/aromatic N) is 3.